The number of methoxy groups -OCH3 is 1. The largest absolute Gasteiger partial charge is 0.465 e. The lowest BCUT2D eigenvalue weighted by Gasteiger charge is -2.26. The SMILES string of the molecule is COC(=O)c1cccn2c(CN3CCNCC3)cnc12. The molecule has 0 spiro atoms. The third-order valence-corrected chi connectivity index (χ3v) is 3.61. The summed E-state index contributed by atoms with van der Waals surface area (Å²) in [6.07, 6.45) is 3.77. The van der Waals surface area contributed by atoms with Crippen LogP contribution in [0.15, 0.2) is 24.5 Å². The molecule has 2 aromatic heterocycles. The predicted octanol–water partition coefficient (Wildman–Crippen LogP) is 0.526. The molecule has 1 saturated heterocycles. The van der Waals surface area contributed by atoms with Gasteiger partial charge in [-0.3, -0.25) is 4.90 Å². The van der Waals surface area contributed by atoms with Crippen molar-refractivity contribution < 1.29 is 9.53 Å². The number of rotatable bonds is 3. The van der Waals surface area contributed by atoms with Crippen molar-refractivity contribution in [2.75, 3.05) is 33.3 Å². The van der Waals surface area contributed by atoms with E-state index in [1.54, 1.807) is 6.07 Å². The Bertz CT molecular complexity index is 617. The molecule has 6 nitrogen and oxygen atoms in total. The van der Waals surface area contributed by atoms with Gasteiger partial charge in [-0.1, -0.05) is 0 Å². The van der Waals surface area contributed by atoms with Crippen LogP contribution in [0.25, 0.3) is 5.65 Å². The Morgan fingerprint density at radius 1 is 1.45 bits per heavy atom. The summed E-state index contributed by atoms with van der Waals surface area (Å²) in [5.74, 6) is -0.352. The molecule has 6 heteroatoms. The van der Waals surface area contributed by atoms with Crippen molar-refractivity contribution in [3.8, 4) is 0 Å². The summed E-state index contributed by atoms with van der Waals surface area (Å²) < 4.78 is 6.76. The number of hydrogen-bond acceptors (Lipinski definition) is 5. The van der Waals surface area contributed by atoms with Crippen LogP contribution >= 0.6 is 0 Å². The van der Waals surface area contributed by atoms with E-state index in [0.29, 0.717) is 11.2 Å². The summed E-state index contributed by atoms with van der Waals surface area (Å²) >= 11 is 0. The summed E-state index contributed by atoms with van der Waals surface area (Å²) in [7, 11) is 1.39. The van der Waals surface area contributed by atoms with Gasteiger partial charge in [-0.15, -0.1) is 0 Å². The summed E-state index contributed by atoms with van der Waals surface area (Å²) in [5, 5.41) is 3.34. The van der Waals surface area contributed by atoms with Gasteiger partial charge in [-0.05, 0) is 12.1 Å². The van der Waals surface area contributed by atoms with E-state index < -0.39 is 0 Å². The number of aromatic nitrogens is 2. The molecule has 0 unspecified atom stereocenters. The van der Waals surface area contributed by atoms with Gasteiger partial charge in [0, 0.05) is 38.9 Å². The molecule has 2 aromatic rings. The van der Waals surface area contributed by atoms with Gasteiger partial charge in [0.25, 0.3) is 0 Å². The maximum atomic E-state index is 11.7. The second-order valence-electron chi connectivity index (χ2n) is 4.88. The number of nitrogens with one attached hydrogen (secondary N) is 1. The first-order valence-corrected chi connectivity index (χ1v) is 6.76. The molecule has 0 bridgehead atoms. The normalized spacial score (nSPS) is 16.4. The third-order valence-electron chi connectivity index (χ3n) is 3.61. The van der Waals surface area contributed by atoms with E-state index in [1.165, 1.54) is 7.11 Å². The third kappa shape index (κ3) is 2.39. The summed E-state index contributed by atoms with van der Waals surface area (Å²) in [6.45, 7) is 4.94. The van der Waals surface area contributed by atoms with Crippen LogP contribution in [0.3, 0.4) is 0 Å². The fourth-order valence-corrected chi connectivity index (χ4v) is 2.55. The minimum absolute atomic E-state index is 0.352. The zero-order valence-electron chi connectivity index (χ0n) is 11.5. The van der Waals surface area contributed by atoms with Gasteiger partial charge in [0.1, 0.15) is 5.56 Å². The fraction of sp³-hybridized carbons (Fsp3) is 0.429. The number of nitrogens with zero attached hydrogens (tertiary/aromatic N) is 3. The Morgan fingerprint density at radius 2 is 2.25 bits per heavy atom. The molecule has 106 valence electrons. The van der Waals surface area contributed by atoms with Crippen molar-refractivity contribution >= 4 is 11.6 Å². The first-order chi connectivity index (χ1) is 9.79. The van der Waals surface area contributed by atoms with E-state index in [4.69, 9.17) is 4.74 Å². The highest BCUT2D eigenvalue weighted by Crippen LogP contribution is 2.14. The van der Waals surface area contributed by atoms with Gasteiger partial charge < -0.3 is 14.5 Å². The molecular formula is C14H18N4O2. The number of hydrogen-bond donors (Lipinski definition) is 1. The van der Waals surface area contributed by atoms with Crippen molar-refractivity contribution in [2.45, 2.75) is 6.54 Å². The van der Waals surface area contributed by atoms with E-state index in [1.807, 2.05) is 22.9 Å². The number of pyridine rings is 1. The van der Waals surface area contributed by atoms with Gasteiger partial charge in [-0.25, -0.2) is 9.78 Å². The van der Waals surface area contributed by atoms with Crippen molar-refractivity contribution in [3.05, 3.63) is 35.8 Å². The Hall–Kier alpha value is -1.92. The first-order valence-electron chi connectivity index (χ1n) is 6.76. The molecule has 0 atom stereocenters. The van der Waals surface area contributed by atoms with Crippen molar-refractivity contribution in [1.82, 2.24) is 19.6 Å². The van der Waals surface area contributed by atoms with E-state index in [0.717, 1.165) is 38.4 Å². The molecule has 1 N–H and O–H groups in total. The Labute approximate surface area is 117 Å². The Kier molecular flexibility index (Phi) is 3.66. The molecule has 0 amide bonds. The molecule has 1 fully saturated rings. The Morgan fingerprint density at radius 3 is 3.00 bits per heavy atom. The molecule has 3 heterocycles. The fourth-order valence-electron chi connectivity index (χ4n) is 2.55. The molecular weight excluding hydrogens is 256 g/mol. The minimum Gasteiger partial charge on any atom is -0.465 e. The highest BCUT2D eigenvalue weighted by Gasteiger charge is 2.16. The zero-order valence-corrected chi connectivity index (χ0v) is 11.5. The van der Waals surface area contributed by atoms with E-state index in [9.17, 15) is 4.79 Å². The van der Waals surface area contributed by atoms with Crippen molar-refractivity contribution in [3.63, 3.8) is 0 Å². The van der Waals surface area contributed by atoms with Crippen LogP contribution in [-0.4, -0.2) is 53.5 Å². The monoisotopic (exact) mass is 274 g/mol. The van der Waals surface area contributed by atoms with Crippen molar-refractivity contribution in [2.24, 2.45) is 0 Å². The van der Waals surface area contributed by atoms with Gasteiger partial charge in [0.05, 0.1) is 19.0 Å². The molecule has 20 heavy (non-hydrogen) atoms. The quantitative estimate of drug-likeness (QED) is 0.827. The number of ether oxygens (including phenoxy) is 1. The second kappa shape index (κ2) is 5.60. The lowest BCUT2D eigenvalue weighted by molar-refractivity contribution is 0.0602. The van der Waals surface area contributed by atoms with Crippen LogP contribution in [0.1, 0.15) is 16.1 Å². The van der Waals surface area contributed by atoms with E-state index >= 15 is 0 Å². The van der Waals surface area contributed by atoms with Crippen molar-refractivity contribution in [1.29, 1.82) is 0 Å². The standard InChI is InChI=1S/C14H18N4O2/c1-20-14(19)12-3-2-6-18-11(9-16-13(12)18)10-17-7-4-15-5-8-17/h2-3,6,9,15H,4-5,7-8,10H2,1H3. The smallest absolute Gasteiger partial charge is 0.341 e. The van der Waals surface area contributed by atoms with Gasteiger partial charge in [0.15, 0.2) is 5.65 Å². The summed E-state index contributed by atoms with van der Waals surface area (Å²) in [5.41, 5.74) is 2.25. The van der Waals surface area contributed by atoms with Gasteiger partial charge >= 0.3 is 5.97 Å². The number of carbonyl (C=O) groups is 1. The number of esters is 1. The molecule has 1 aliphatic rings. The molecule has 0 aliphatic carbocycles. The van der Waals surface area contributed by atoms with Gasteiger partial charge in [-0.2, -0.15) is 0 Å². The topological polar surface area (TPSA) is 58.9 Å². The summed E-state index contributed by atoms with van der Waals surface area (Å²) in [6, 6.07) is 3.59. The maximum Gasteiger partial charge on any atom is 0.341 e. The van der Waals surface area contributed by atoms with Gasteiger partial charge in [0.2, 0.25) is 0 Å². The average molecular weight is 274 g/mol. The van der Waals surface area contributed by atoms with E-state index in [-0.39, 0.29) is 5.97 Å². The van der Waals surface area contributed by atoms with Crippen LogP contribution in [0, 0.1) is 0 Å². The number of piperazine rings is 1. The molecule has 0 saturated carbocycles. The van der Waals surface area contributed by atoms with Crippen LogP contribution in [0.2, 0.25) is 0 Å². The molecule has 0 aromatic carbocycles. The van der Waals surface area contributed by atoms with Crippen LogP contribution in [0.5, 0.6) is 0 Å². The van der Waals surface area contributed by atoms with E-state index in [2.05, 4.69) is 15.2 Å². The lowest BCUT2D eigenvalue weighted by Crippen LogP contribution is -2.43. The van der Waals surface area contributed by atoms with Crippen LogP contribution in [-0.2, 0) is 11.3 Å². The minimum atomic E-state index is -0.352. The maximum absolute atomic E-state index is 11.7. The highest BCUT2D eigenvalue weighted by atomic mass is 16.5. The second-order valence-corrected chi connectivity index (χ2v) is 4.88. The van der Waals surface area contributed by atoms with Crippen LogP contribution < -0.4 is 5.32 Å². The average Bonchev–Trinajstić information content (AvgIpc) is 2.91. The van der Waals surface area contributed by atoms with Crippen LogP contribution in [0.4, 0.5) is 0 Å². The number of fused-ring (bicyclic) bond motifs is 1. The molecule has 3 rings (SSSR count). The zero-order chi connectivity index (χ0) is 13.9. The molecule has 0 radical (unpaired) electrons. The first kappa shape index (κ1) is 13.1. The number of carbonyl (C=O) groups excluding carboxylic acids is 1. The Balaban J connectivity index is 1.91. The lowest BCUT2D eigenvalue weighted by atomic mass is 10.2. The highest BCUT2D eigenvalue weighted by molar-refractivity contribution is 5.95. The number of imidazole rings is 1. The molecule has 1 aliphatic heterocycles. The predicted molar refractivity (Wildman–Crippen MR) is 74.7 cm³/mol. The summed E-state index contributed by atoms with van der Waals surface area (Å²) in [4.78, 5) is 18.5.